The Labute approximate surface area is 137 Å². The fourth-order valence-electron chi connectivity index (χ4n) is 2.29. The maximum absolute atomic E-state index is 12.1. The quantitative estimate of drug-likeness (QED) is 0.662. The molecule has 23 heavy (non-hydrogen) atoms. The highest BCUT2D eigenvalue weighted by atomic mass is 16.3. The van der Waals surface area contributed by atoms with Gasteiger partial charge in [-0.2, -0.15) is 5.10 Å². The lowest BCUT2D eigenvalue weighted by Crippen LogP contribution is -2.35. The van der Waals surface area contributed by atoms with E-state index in [1.165, 1.54) is 6.33 Å². The molecule has 3 aromatic rings. The van der Waals surface area contributed by atoms with Crippen LogP contribution >= 0.6 is 0 Å². The molecule has 0 saturated carbocycles. The summed E-state index contributed by atoms with van der Waals surface area (Å²) in [6.07, 6.45) is 6.17. The summed E-state index contributed by atoms with van der Waals surface area (Å²) >= 11 is 0. The minimum Gasteiger partial charge on any atom is -0.392 e. The van der Waals surface area contributed by atoms with Gasteiger partial charge in [-0.15, -0.1) is 0 Å². The molecule has 0 fully saturated rings. The van der Waals surface area contributed by atoms with Gasteiger partial charge in [0.05, 0.1) is 18.0 Å². The predicted molar refractivity (Wildman–Crippen MR) is 90.9 cm³/mol. The lowest BCUT2D eigenvalue weighted by Gasteiger charge is -2.13. The molecule has 8 heteroatoms. The Morgan fingerprint density at radius 3 is 3.09 bits per heavy atom. The van der Waals surface area contributed by atoms with Gasteiger partial charge in [0, 0.05) is 34.2 Å². The Morgan fingerprint density at radius 2 is 2.30 bits per heavy atom. The number of nitrogens with zero attached hydrogens (tertiary/aromatic N) is 4. The van der Waals surface area contributed by atoms with Crippen LogP contribution in [-0.4, -0.2) is 48.4 Å². The second kappa shape index (κ2) is 6.17. The first kappa shape index (κ1) is 15.2. The van der Waals surface area contributed by atoms with Gasteiger partial charge in [-0.1, -0.05) is 0 Å². The maximum Gasteiger partial charge on any atom is 0.244 e. The van der Waals surface area contributed by atoms with Gasteiger partial charge in [0.15, 0.2) is 0 Å². The fraction of sp³-hybridized carbons (Fsp3) is 0.333. The molecule has 1 amide bonds. The number of nitrogens with one attached hydrogen (secondary N) is 2. The van der Waals surface area contributed by atoms with Crippen LogP contribution in [-0.2, 0) is 4.79 Å². The molecule has 2 atom stereocenters. The number of aromatic amines is 1. The number of rotatable bonds is 5. The van der Waals surface area contributed by atoms with Gasteiger partial charge in [0.25, 0.3) is 0 Å². The first-order valence-corrected chi connectivity index (χ1v) is 7.34. The lowest BCUT2D eigenvalue weighted by atomic mass is 10.2. The number of carbonyl (C=O) groups excluding carboxylic acids is 1. The summed E-state index contributed by atoms with van der Waals surface area (Å²) < 4.78 is 1.58. The molecule has 3 heterocycles. The van der Waals surface area contributed by atoms with Crippen molar-refractivity contribution in [1.82, 2.24) is 30.0 Å². The van der Waals surface area contributed by atoms with E-state index in [1.54, 1.807) is 37.1 Å². The number of H-pyrrole nitrogens is 1. The second-order valence-corrected chi connectivity index (χ2v) is 5.44. The standard InChI is InChI=1S/C15H18N6O2.3H2/c1-9(22)5-17-15(23)10(2)21-7-11(6-20-21)13-12-3-4-16-14(12)19-8-18-13;;;/h3-4,6-10,22H,5H2,1-2H3,(H,17,23)(H,16,18,19);3*1H. The normalized spacial score (nSPS) is 13.9. The van der Waals surface area contributed by atoms with Crippen molar-refractivity contribution in [3.05, 3.63) is 31.0 Å². The molecule has 0 spiro atoms. The summed E-state index contributed by atoms with van der Waals surface area (Å²) in [5.74, 6) is -0.199. The Kier molecular flexibility index (Phi) is 4.07. The zero-order valence-electron chi connectivity index (χ0n) is 12.9. The predicted octanol–water partition coefficient (Wildman–Crippen LogP) is 1.62. The number of aromatic nitrogens is 5. The van der Waals surface area contributed by atoms with Crippen LogP contribution in [0.3, 0.4) is 0 Å². The average Bonchev–Trinajstić information content (AvgIpc) is 3.20. The topological polar surface area (TPSA) is 109 Å². The summed E-state index contributed by atoms with van der Waals surface area (Å²) in [6.45, 7) is 3.58. The van der Waals surface area contributed by atoms with E-state index < -0.39 is 12.1 Å². The Morgan fingerprint density at radius 1 is 1.48 bits per heavy atom. The first-order chi connectivity index (χ1) is 11.1. The number of fused-ring (bicyclic) bond motifs is 1. The molecule has 0 aliphatic rings. The van der Waals surface area contributed by atoms with E-state index >= 15 is 0 Å². The highest BCUT2D eigenvalue weighted by molar-refractivity contribution is 5.90. The number of aliphatic hydroxyl groups is 1. The smallest absolute Gasteiger partial charge is 0.244 e. The number of hydrogen-bond donors (Lipinski definition) is 3. The molecular formula is C15H24N6O2. The molecule has 2 unspecified atom stereocenters. The van der Waals surface area contributed by atoms with E-state index in [9.17, 15) is 9.90 Å². The van der Waals surface area contributed by atoms with Gasteiger partial charge in [0.2, 0.25) is 5.91 Å². The van der Waals surface area contributed by atoms with Crippen LogP contribution in [0.1, 0.15) is 24.2 Å². The van der Waals surface area contributed by atoms with Crippen molar-refractivity contribution < 1.29 is 14.2 Å². The summed E-state index contributed by atoms with van der Waals surface area (Å²) in [5, 5.41) is 17.1. The zero-order chi connectivity index (χ0) is 16.4. The van der Waals surface area contributed by atoms with Crippen LogP contribution in [0.2, 0.25) is 0 Å². The molecule has 0 saturated heterocycles. The number of hydrogen-bond acceptors (Lipinski definition) is 5. The highest BCUT2D eigenvalue weighted by Crippen LogP contribution is 2.24. The largest absolute Gasteiger partial charge is 0.392 e. The molecule has 3 rings (SSSR count). The van der Waals surface area contributed by atoms with Crippen molar-refractivity contribution in [1.29, 1.82) is 0 Å². The van der Waals surface area contributed by atoms with Gasteiger partial charge in [0.1, 0.15) is 18.0 Å². The summed E-state index contributed by atoms with van der Waals surface area (Å²) in [6, 6.07) is 1.42. The molecular weight excluding hydrogens is 296 g/mol. The van der Waals surface area contributed by atoms with Crippen molar-refractivity contribution >= 4 is 16.9 Å². The van der Waals surface area contributed by atoms with Gasteiger partial charge in [-0.25, -0.2) is 9.97 Å². The minimum absolute atomic E-state index is 0. The van der Waals surface area contributed by atoms with Crippen LogP contribution in [0.15, 0.2) is 31.0 Å². The van der Waals surface area contributed by atoms with E-state index in [-0.39, 0.29) is 16.7 Å². The van der Waals surface area contributed by atoms with E-state index in [2.05, 4.69) is 25.4 Å². The monoisotopic (exact) mass is 320 g/mol. The SMILES string of the molecule is CC(O)CNC(=O)C(C)n1cc(-c2ncnc3[nH]ccc23)cn1.[HH].[HH].[HH]. The molecule has 0 radical (unpaired) electrons. The molecule has 0 aromatic carbocycles. The van der Waals surface area contributed by atoms with Crippen molar-refractivity contribution in [2.45, 2.75) is 26.0 Å². The van der Waals surface area contributed by atoms with Crippen molar-refractivity contribution in [2.75, 3.05) is 6.54 Å². The highest BCUT2D eigenvalue weighted by Gasteiger charge is 2.17. The minimum atomic E-state index is -0.581. The average molecular weight is 320 g/mol. The Balaban J connectivity index is 0.00000208. The Hall–Kier alpha value is -2.74. The van der Waals surface area contributed by atoms with Crippen LogP contribution in [0.5, 0.6) is 0 Å². The molecule has 126 valence electrons. The number of amides is 1. The van der Waals surface area contributed by atoms with Gasteiger partial charge >= 0.3 is 0 Å². The number of carbonyl (C=O) groups is 1. The third kappa shape index (κ3) is 3.07. The molecule has 0 aliphatic heterocycles. The summed E-state index contributed by atoms with van der Waals surface area (Å²) in [5.41, 5.74) is 2.33. The van der Waals surface area contributed by atoms with E-state index in [0.29, 0.717) is 0 Å². The molecule has 8 nitrogen and oxygen atoms in total. The summed E-state index contributed by atoms with van der Waals surface area (Å²) in [4.78, 5) is 23.6. The van der Waals surface area contributed by atoms with E-state index in [0.717, 1.165) is 22.3 Å². The zero-order valence-corrected chi connectivity index (χ0v) is 12.9. The third-order valence-electron chi connectivity index (χ3n) is 3.58. The van der Waals surface area contributed by atoms with Gasteiger partial charge in [-0.3, -0.25) is 9.48 Å². The van der Waals surface area contributed by atoms with Crippen LogP contribution < -0.4 is 5.32 Å². The van der Waals surface area contributed by atoms with Crippen LogP contribution in [0.25, 0.3) is 22.3 Å². The first-order valence-electron chi connectivity index (χ1n) is 7.34. The summed E-state index contributed by atoms with van der Waals surface area (Å²) in [7, 11) is 0. The number of aliphatic hydroxyl groups excluding tert-OH is 1. The second-order valence-electron chi connectivity index (χ2n) is 5.44. The van der Waals surface area contributed by atoms with Gasteiger partial charge < -0.3 is 15.4 Å². The van der Waals surface area contributed by atoms with E-state index in [4.69, 9.17) is 0 Å². The lowest BCUT2D eigenvalue weighted by molar-refractivity contribution is -0.124. The maximum atomic E-state index is 12.1. The van der Waals surface area contributed by atoms with Gasteiger partial charge in [-0.05, 0) is 19.9 Å². The van der Waals surface area contributed by atoms with Crippen molar-refractivity contribution in [3.63, 3.8) is 0 Å². The molecule has 0 bridgehead atoms. The van der Waals surface area contributed by atoms with Crippen molar-refractivity contribution in [3.8, 4) is 11.3 Å². The van der Waals surface area contributed by atoms with Crippen LogP contribution in [0.4, 0.5) is 0 Å². The molecule has 3 aromatic heterocycles. The molecule has 0 aliphatic carbocycles. The fourth-order valence-corrected chi connectivity index (χ4v) is 2.29. The molecule has 3 N–H and O–H groups in total. The van der Waals surface area contributed by atoms with Crippen molar-refractivity contribution in [2.24, 2.45) is 0 Å². The third-order valence-corrected chi connectivity index (χ3v) is 3.58. The van der Waals surface area contributed by atoms with Crippen LogP contribution in [0, 0.1) is 0 Å². The van der Waals surface area contributed by atoms with E-state index in [1.807, 2.05) is 6.07 Å². The Bertz CT molecular complexity index is 836.